The molecular weight excluding hydrogens is 272 g/mol. The first-order valence-corrected chi connectivity index (χ1v) is 7.46. The minimum absolute atomic E-state index is 0.125. The number of aromatic nitrogens is 2. The van der Waals surface area contributed by atoms with Crippen LogP contribution in [0.4, 0.5) is 5.69 Å². The second kappa shape index (κ2) is 5.01. The van der Waals surface area contributed by atoms with E-state index >= 15 is 0 Å². The highest BCUT2D eigenvalue weighted by molar-refractivity contribution is 7.89. The number of nitrogens with two attached hydrogens (primary N) is 1. The van der Waals surface area contributed by atoms with Gasteiger partial charge in [-0.2, -0.15) is 0 Å². The molecule has 0 aliphatic rings. The summed E-state index contributed by atoms with van der Waals surface area (Å²) in [6.07, 6.45) is 1.39. The van der Waals surface area contributed by atoms with Gasteiger partial charge in [-0.1, -0.05) is 0 Å². The Morgan fingerprint density at radius 2 is 2.28 bits per heavy atom. The zero-order valence-corrected chi connectivity index (χ0v) is 11.3. The number of hydrogen-bond donors (Lipinski definition) is 2. The molecule has 2 aromatic rings. The highest BCUT2D eigenvalue weighted by Crippen LogP contribution is 2.15. The number of nitrogen functional groups attached to an aromatic ring is 1. The summed E-state index contributed by atoms with van der Waals surface area (Å²) in [6, 6.07) is 3.08. The minimum Gasteiger partial charge on any atom is -0.396 e. The maximum atomic E-state index is 12.0. The molecule has 0 bridgehead atoms. The molecule has 0 spiro atoms. The number of aryl methyl sites for hydroxylation is 1. The number of anilines is 1. The lowest BCUT2D eigenvalue weighted by Crippen LogP contribution is -2.25. The second-order valence-corrected chi connectivity index (χ2v) is 6.23. The fraction of sp³-hybridized carbons (Fsp3) is 0.200. The van der Waals surface area contributed by atoms with E-state index in [4.69, 9.17) is 5.73 Å². The molecule has 0 aliphatic heterocycles. The molecule has 6 nitrogen and oxygen atoms in total. The van der Waals surface area contributed by atoms with E-state index in [0.717, 1.165) is 5.69 Å². The number of nitrogens with one attached hydrogen (secondary N) is 1. The lowest BCUT2D eigenvalue weighted by atomic mass is 10.4. The van der Waals surface area contributed by atoms with Gasteiger partial charge in [-0.3, -0.25) is 0 Å². The lowest BCUT2D eigenvalue weighted by Gasteiger charge is -2.06. The first-order valence-electron chi connectivity index (χ1n) is 5.10. The van der Waals surface area contributed by atoms with Gasteiger partial charge in [0, 0.05) is 17.3 Å². The molecule has 0 aromatic carbocycles. The summed E-state index contributed by atoms with van der Waals surface area (Å²) in [7, 11) is -3.70. The minimum atomic E-state index is -3.70. The van der Waals surface area contributed by atoms with Gasteiger partial charge in [0.15, 0.2) is 5.03 Å². The third-order valence-electron chi connectivity index (χ3n) is 2.14. The van der Waals surface area contributed by atoms with Crippen molar-refractivity contribution in [3.8, 4) is 0 Å². The second-order valence-electron chi connectivity index (χ2n) is 3.60. The van der Waals surface area contributed by atoms with Gasteiger partial charge < -0.3 is 5.73 Å². The van der Waals surface area contributed by atoms with Crippen LogP contribution in [0.3, 0.4) is 0 Å². The van der Waals surface area contributed by atoms with E-state index in [-0.39, 0.29) is 17.3 Å². The maximum Gasteiger partial charge on any atom is 0.260 e. The molecule has 18 heavy (non-hydrogen) atoms. The number of rotatable bonds is 4. The van der Waals surface area contributed by atoms with Crippen molar-refractivity contribution in [3.05, 3.63) is 34.4 Å². The predicted molar refractivity (Wildman–Crippen MR) is 69.5 cm³/mol. The van der Waals surface area contributed by atoms with Crippen LogP contribution in [0.25, 0.3) is 0 Å². The van der Waals surface area contributed by atoms with E-state index in [1.807, 2.05) is 12.3 Å². The Morgan fingerprint density at radius 1 is 1.50 bits per heavy atom. The quantitative estimate of drug-likeness (QED) is 0.869. The molecule has 96 valence electrons. The fourth-order valence-corrected chi connectivity index (χ4v) is 3.18. The summed E-state index contributed by atoms with van der Waals surface area (Å²) in [4.78, 5) is 7.94. The van der Waals surface area contributed by atoms with E-state index < -0.39 is 10.0 Å². The number of hydrogen-bond acceptors (Lipinski definition) is 6. The molecule has 8 heteroatoms. The van der Waals surface area contributed by atoms with Gasteiger partial charge in [0.25, 0.3) is 10.0 Å². The van der Waals surface area contributed by atoms with Crippen molar-refractivity contribution in [2.45, 2.75) is 18.5 Å². The summed E-state index contributed by atoms with van der Waals surface area (Å²) in [5, 5.41) is 2.41. The summed E-state index contributed by atoms with van der Waals surface area (Å²) in [6.45, 7) is 1.99. The van der Waals surface area contributed by atoms with Crippen molar-refractivity contribution in [2.24, 2.45) is 0 Å². The van der Waals surface area contributed by atoms with Crippen molar-refractivity contribution >= 4 is 27.0 Å². The highest BCUT2D eigenvalue weighted by atomic mass is 32.2. The van der Waals surface area contributed by atoms with Crippen LogP contribution in [0.15, 0.2) is 28.7 Å². The maximum absolute atomic E-state index is 12.0. The Morgan fingerprint density at radius 3 is 2.89 bits per heavy atom. The highest BCUT2D eigenvalue weighted by Gasteiger charge is 2.18. The molecule has 0 saturated carbocycles. The van der Waals surface area contributed by atoms with Crippen molar-refractivity contribution in [3.63, 3.8) is 0 Å². The Hall–Kier alpha value is -1.51. The van der Waals surface area contributed by atoms with Crippen molar-refractivity contribution in [1.82, 2.24) is 14.7 Å². The van der Waals surface area contributed by atoms with E-state index in [0.29, 0.717) is 5.01 Å². The van der Waals surface area contributed by atoms with Crippen molar-refractivity contribution < 1.29 is 8.42 Å². The summed E-state index contributed by atoms with van der Waals surface area (Å²) in [5.74, 6) is 0. The Kier molecular flexibility index (Phi) is 3.60. The smallest absolute Gasteiger partial charge is 0.260 e. The standard InChI is InChI=1S/C10H12N4O2S2/c1-7-6-17-9(14-7)5-13-18(15,16)10-8(11)3-2-4-12-10/h2-4,6,13H,5,11H2,1H3. The first-order chi connectivity index (χ1) is 8.49. The van der Waals surface area contributed by atoms with Crippen molar-refractivity contribution in [1.29, 1.82) is 0 Å². The monoisotopic (exact) mass is 284 g/mol. The molecule has 0 unspecified atom stereocenters. The molecule has 3 N–H and O–H groups in total. The third-order valence-corrected chi connectivity index (χ3v) is 4.48. The molecular formula is C10H12N4O2S2. The van der Waals surface area contributed by atoms with E-state index in [9.17, 15) is 8.42 Å². The molecule has 2 rings (SSSR count). The molecule has 2 heterocycles. The topological polar surface area (TPSA) is 98.0 Å². The number of nitrogens with zero attached hydrogens (tertiary/aromatic N) is 2. The number of sulfonamides is 1. The largest absolute Gasteiger partial charge is 0.396 e. The normalized spacial score (nSPS) is 11.6. The first kappa shape index (κ1) is 12.9. The molecule has 0 fully saturated rings. The zero-order chi connectivity index (χ0) is 13.2. The molecule has 0 aliphatic carbocycles. The van der Waals surface area contributed by atoms with Crippen LogP contribution < -0.4 is 10.5 Å². The molecule has 0 amide bonds. The van der Waals surface area contributed by atoms with Gasteiger partial charge in [-0.15, -0.1) is 11.3 Å². The predicted octanol–water partition coefficient (Wildman–Crippen LogP) is 0.907. The van der Waals surface area contributed by atoms with E-state index in [1.165, 1.54) is 23.6 Å². The molecule has 2 aromatic heterocycles. The van der Waals surface area contributed by atoms with Crippen LogP contribution in [-0.2, 0) is 16.6 Å². The van der Waals surface area contributed by atoms with Crippen LogP contribution in [0, 0.1) is 6.92 Å². The van der Waals surface area contributed by atoms with Gasteiger partial charge in [-0.05, 0) is 19.1 Å². The summed E-state index contributed by atoms with van der Waals surface area (Å²) < 4.78 is 26.3. The fourth-order valence-electron chi connectivity index (χ4n) is 1.34. The zero-order valence-electron chi connectivity index (χ0n) is 9.62. The van der Waals surface area contributed by atoms with Gasteiger partial charge in [-0.25, -0.2) is 23.1 Å². The average molecular weight is 284 g/mol. The van der Waals surface area contributed by atoms with Crippen LogP contribution in [0.2, 0.25) is 0 Å². The number of thiazole rings is 1. The summed E-state index contributed by atoms with van der Waals surface area (Å²) >= 11 is 1.40. The average Bonchev–Trinajstić information content (AvgIpc) is 2.73. The van der Waals surface area contributed by atoms with Gasteiger partial charge in [0.2, 0.25) is 0 Å². The van der Waals surface area contributed by atoms with Crippen LogP contribution in [-0.4, -0.2) is 18.4 Å². The van der Waals surface area contributed by atoms with Crippen molar-refractivity contribution in [2.75, 3.05) is 5.73 Å². The SMILES string of the molecule is Cc1csc(CNS(=O)(=O)c2ncccc2N)n1. The van der Waals surface area contributed by atoms with Crippen LogP contribution >= 0.6 is 11.3 Å². The molecule has 0 saturated heterocycles. The van der Waals surface area contributed by atoms with Gasteiger partial charge in [0.1, 0.15) is 5.01 Å². The van der Waals surface area contributed by atoms with Crippen LogP contribution in [0.5, 0.6) is 0 Å². The van der Waals surface area contributed by atoms with E-state index in [1.54, 1.807) is 6.07 Å². The van der Waals surface area contributed by atoms with Gasteiger partial charge >= 0.3 is 0 Å². The number of pyridine rings is 1. The Balaban J connectivity index is 2.16. The third kappa shape index (κ3) is 2.84. The lowest BCUT2D eigenvalue weighted by molar-refractivity contribution is 0.577. The Bertz CT molecular complexity index is 651. The van der Waals surface area contributed by atoms with Crippen LogP contribution in [0.1, 0.15) is 10.7 Å². The summed E-state index contributed by atoms with van der Waals surface area (Å²) in [5.41, 5.74) is 6.58. The molecule has 0 atom stereocenters. The van der Waals surface area contributed by atoms with E-state index in [2.05, 4.69) is 14.7 Å². The Labute approximate surface area is 109 Å². The molecule has 0 radical (unpaired) electrons. The van der Waals surface area contributed by atoms with Gasteiger partial charge in [0.05, 0.1) is 12.2 Å².